The van der Waals surface area contributed by atoms with Crippen LogP contribution in [-0.2, 0) is 0 Å². The number of aryl methyl sites for hydroxylation is 1. The lowest BCUT2D eigenvalue weighted by atomic mass is 10.2. The molecule has 0 bridgehead atoms. The standard InChI is InChI=1S/C10H14FNO/c1-7-5-9(11)3-4-10(7)12-6-8(2)13/h3-5,8,12-13H,6H2,1-2H3. The van der Waals surface area contributed by atoms with Gasteiger partial charge in [-0.25, -0.2) is 4.39 Å². The Kier molecular flexibility index (Phi) is 3.25. The van der Waals surface area contributed by atoms with E-state index >= 15 is 0 Å². The van der Waals surface area contributed by atoms with Crippen molar-refractivity contribution in [3.05, 3.63) is 29.6 Å². The van der Waals surface area contributed by atoms with Crippen molar-refractivity contribution in [3.63, 3.8) is 0 Å². The molecular weight excluding hydrogens is 169 g/mol. The van der Waals surface area contributed by atoms with E-state index < -0.39 is 6.10 Å². The number of halogens is 1. The Morgan fingerprint density at radius 2 is 2.23 bits per heavy atom. The zero-order chi connectivity index (χ0) is 9.84. The molecule has 13 heavy (non-hydrogen) atoms. The molecule has 0 aliphatic carbocycles. The van der Waals surface area contributed by atoms with E-state index in [4.69, 9.17) is 5.11 Å². The minimum absolute atomic E-state index is 0.236. The fourth-order valence-electron chi connectivity index (χ4n) is 1.08. The van der Waals surface area contributed by atoms with E-state index in [2.05, 4.69) is 5.32 Å². The first-order chi connectivity index (χ1) is 6.09. The molecule has 0 saturated carbocycles. The third kappa shape index (κ3) is 3.03. The van der Waals surface area contributed by atoms with Crippen molar-refractivity contribution >= 4 is 5.69 Å². The molecule has 0 heterocycles. The summed E-state index contributed by atoms with van der Waals surface area (Å²) in [6, 6.07) is 4.54. The third-order valence-electron chi connectivity index (χ3n) is 1.78. The molecule has 1 aromatic carbocycles. The number of aliphatic hydroxyl groups excluding tert-OH is 1. The van der Waals surface area contributed by atoms with E-state index in [1.165, 1.54) is 12.1 Å². The number of benzene rings is 1. The van der Waals surface area contributed by atoms with Gasteiger partial charge in [0.2, 0.25) is 0 Å². The summed E-state index contributed by atoms with van der Waals surface area (Å²) >= 11 is 0. The van der Waals surface area contributed by atoms with Crippen LogP contribution in [0.25, 0.3) is 0 Å². The van der Waals surface area contributed by atoms with Crippen LogP contribution in [-0.4, -0.2) is 17.8 Å². The predicted octanol–water partition coefficient (Wildman–Crippen LogP) is 1.93. The summed E-state index contributed by atoms with van der Waals surface area (Å²) in [5, 5.41) is 12.0. The number of anilines is 1. The monoisotopic (exact) mass is 183 g/mol. The van der Waals surface area contributed by atoms with Crippen molar-refractivity contribution < 1.29 is 9.50 Å². The number of hydrogen-bond donors (Lipinski definition) is 2. The maximum absolute atomic E-state index is 12.7. The molecule has 0 aliphatic heterocycles. The van der Waals surface area contributed by atoms with E-state index in [0.717, 1.165) is 11.3 Å². The second-order valence-corrected chi connectivity index (χ2v) is 3.19. The van der Waals surface area contributed by atoms with Crippen LogP contribution in [0.4, 0.5) is 10.1 Å². The molecule has 72 valence electrons. The highest BCUT2D eigenvalue weighted by Crippen LogP contribution is 2.15. The van der Waals surface area contributed by atoms with Gasteiger partial charge in [0.15, 0.2) is 0 Å². The van der Waals surface area contributed by atoms with Crippen LogP contribution in [0.1, 0.15) is 12.5 Å². The summed E-state index contributed by atoms with van der Waals surface area (Å²) in [5.74, 6) is -0.236. The zero-order valence-corrected chi connectivity index (χ0v) is 7.84. The van der Waals surface area contributed by atoms with Crippen LogP contribution in [0.15, 0.2) is 18.2 Å². The van der Waals surface area contributed by atoms with E-state index in [9.17, 15) is 4.39 Å². The average molecular weight is 183 g/mol. The van der Waals surface area contributed by atoms with Gasteiger partial charge in [-0.1, -0.05) is 0 Å². The smallest absolute Gasteiger partial charge is 0.123 e. The highest BCUT2D eigenvalue weighted by atomic mass is 19.1. The molecule has 3 heteroatoms. The molecule has 1 aromatic rings. The highest BCUT2D eigenvalue weighted by molar-refractivity contribution is 5.50. The Labute approximate surface area is 77.4 Å². The lowest BCUT2D eigenvalue weighted by Gasteiger charge is -2.10. The normalized spacial score (nSPS) is 12.6. The second-order valence-electron chi connectivity index (χ2n) is 3.19. The largest absolute Gasteiger partial charge is 0.392 e. The van der Waals surface area contributed by atoms with Crippen molar-refractivity contribution in [2.75, 3.05) is 11.9 Å². The topological polar surface area (TPSA) is 32.3 Å². The van der Waals surface area contributed by atoms with Gasteiger partial charge in [0.1, 0.15) is 5.82 Å². The average Bonchev–Trinajstić information content (AvgIpc) is 2.02. The van der Waals surface area contributed by atoms with Crippen LogP contribution in [0.2, 0.25) is 0 Å². The molecule has 1 rings (SSSR count). The number of rotatable bonds is 3. The highest BCUT2D eigenvalue weighted by Gasteiger charge is 2.00. The van der Waals surface area contributed by atoms with Gasteiger partial charge in [-0.3, -0.25) is 0 Å². The fraction of sp³-hybridized carbons (Fsp3) is 0.400. The summed E-state index contributed by atoms with van der Waals surface area (Å²) in [7, 11) is 0. The van der Waals surface area contributed by atoms with E-state index in [-0.39, 0.29) is 5.82 Å². The van der Waals surface area contributed by atoms with Crippen molar-refractivity contribution in [1.29, 1.82) is 0 Å². The van der Waals surface area contributed by atoms with Crippen LogP contribution in [0.3, 0.4) is 0 Å². The maximum Gasteiger partial charge on any atom is 0.123 e. The Hall–Kier alpha value is -1.09. The molecule has 0 amide bonds. The van der Waals surface area contributed by atoms with Crippen LogP contribution in [0.5, 0.6) is 0 Å². The van der Waals surface area contributed by atoms with E-state index in [1.807, 2.05) is 6.92 Å². The van der Waals surface area contributed by atoms with E-state index in [0.29, 0.717) is 6.54 Å². The molecule has 0 spiro atoms. The lowest BCUT2D eigenvalue weighted by molar-refractivity contribution is 0.208. The molecule has 1 atom stereocenters. The Balaban J connectivity index is 2.67. The van der Waals surface area contributed by atoms with Gasteiger partial charge in [-0.15, -0.1) is 0 Å². The van der Waals surface area contributed by atoms with Gasteiger partial charge >= 0.3 is 0 Å². The summed E-state index contributed by atoms with van der Waals surface area (Å²) in [6.07, 6.45) is -0.399. The number of nitrogens with one attached hydrogen (secondary N) is 1. The first kappa shape index (κ1) is 9.99. The second kappa shape index (κ2) is 4.23. The number of hydrogen-bond acceptors (Lipinski definition) is 2. The quantitative estimate of drug-likeness (QED) is 0.750. The third-order valence-corrected chi connectivity index (χ3v) is 1.78. The summed E-state index contributed by atoms with van der Waals surface area (Å²) in [6.45, 7) is 4.01. The van der Waals surface area contributed by atoms with Crippen LogP contribution < -0.4 is 5.32 Å². The predicted molar refractivity (Wildman–Crippen MR) is 51.3 cm³/mol. The molecule has 2 N–H and O–H groups in total. The minimum atomic E-state index is -0.399. The Morgan fingerprint density at radius 3 is 2.77 bits per heavy atom. The van der Waals surface area contributed by atoms with Gasteiger partial charge in [0, 0.05) is 12.2 Å². The molecular formula is C10H14FNO. The molecule has 0 fully saturated rings. The first-order valence-electron chi connectivity index (χ1n) is 4.27. The Morgan fingerprint density at radius 1 is 1.54 bits per heavy atom. The number of aliphatic hydroxyl groups is 1. The molecule has 0 radical (unpaired) electrons. The van der Waals surface area contributed by atoms with Crippen LogP contribution >= 0.6 is 0 Å². The van der Waals surface area contributed by atoms with Gasteiger partial charge < -0.3 is 10.4 Å². The fourth-order valence-corrected chi connectivity index (χ4v) is 1.08. The van der Waals surface area contributed by atoms with Gasteiger partial charge in [-0.2, -0.15) is 0 Å². The molecule has 0 saturated heterocycles. The van der Waals surface area contributed by atoms with Gasteiger partial charge in [0.05, 0.1) is 6.10 Å². The molecule has 1 unspecified atom stereocenters. The van der Waals surface area contributed by atoms with Crippen molar-refractivity contribution in [1.82, 2.24) is 0 Å². The van der Waals surface area contributed by atoms with Crippen molar-refractivity contribution in [2.24, 2.45) is 0 Å². The zero-order valence-electron chi connectivity index (χ0n) is 7.84. The minimum Gasteiger partial charge on any atom is -0.392 e. The van der Waals surface area contributed by atoms with Crippen molar-refractivity contribution in [3.8, 4) is 0 Å². The summed E-state index contributed by atoms with van der Waals surface area (Å²) < 4.78 is 12.7. The molecule has 0 aliphatic rings. The van der Waals surface area contributed by atoms with Crippen LogP contribution in [0, 0.1) is 12.7 Å². The first-order valence-corrected chi connectivity index (χ1v) is 4.27. The SMILES string of the molecule is Cc1cc(F)ccc1NCC(C)O. The summed E-state index contributed by atoms with van der Waals surface area (Å²) in [4.78, 5) is 0. The van der Waals surface area contributed by atoms with E-state index in [1.54, 1.807) is 13.0 Å². The molecule has 0 aromatic heterocycles. The Bertz CT molecular complexity index is 286. The molecule has 2 nitrogen and oxygen atoms in total. The summed E-state index contributed by atoms with van der Waals surface area (Å²) in [5.41, 5.74) is 1.71. The van der Waals surface area contributed by atoms with Gasteiger partial charge in [-0.05, 0) is 37.6 Å². The van der Waals surface area contributed by atoms with Crippen molar-refractivity contribution in [2.45, 2.75) is 20.0 Å². The maximum atomic E-state index is 12.7. The lowest BCUT2D eigenvalue weighted by Crippen LogP contribution is -2.15. The van der Waals surface area contributed by atoms with Gasteiger partial charge in [0.25, 0.3) is 0 Å².